The van der Waals surface area contributed by atoms with Crippen LogP contribution < -0.4 is 0 Å². The summed E-state index contributed by atoms with van der Waals surface area (Å²) in [6.07, 6.45) is 0. The Morgan fingerprint density at radius 1 is 0.941 bits per heavy atom. The third-order valence-electron chi connectivity index (χ3n) is 2.57. The van der Waals surface area contributed by atoms with E-state index >= 15 is 0 Å². The van der Waals surface area contributed by atoms with Crippen LogP contribution in [-0.4, -0.2) is 35.1 Å². The molecule has 2 unspecified atom stereocenters. The quantitative estimate of drug-likeness (QED) is 0.374. The van der Waals surface area contributed by atoms with Gasteiger partial charge in [0, 0.05) is 13.8 Å². The van der Waals surface area contributed by atoms with Crippen LogP contribution in [0.1, 0.15) is 27.7 Å². The number of carbonyl (C=O) groups excluding carboxylic acids is 4. The van der Waals surface area contributed by atoms with Crippen molar-refractivity contribution >= 4 is 23.9 Å². The Hall–Kier alpha value is -1.92. The standard InChI is InChI=1S/C10H12O7/c1-5(11)16-9(3)7(13)15-8(14)10(9,4)17-6(2)12/h1-4H3. The summed E-state index contributed by atoms with van der Waals surface area (Å²) in [6, 6.07) is 0. The molecule has 7 heteroatoms. The number of rotatable bonds is 2. The minimum atomic E-state index is -1.97. The Labute approximate surface area is 97.0 Å². The topological polar surface area (TPSA) is 96.0 Å². The van der Waals surface area contributed by atoms with Crippen molar-refractivity contribution in [1.29, 1.82) is 0 Å². The zero-order valence-corrected chi connectivity index (χ0v) is 9.86. The molecule has 1 aliphatic heterocycles. The number of ether oxygens (including phenoxy) is 3. The van der Waals surface area contributed by atoms with Crippen molar-refractivity contribution in [2.24, 2.45) is 0 Å². The molecule has 1 heterocycles. The molecule has 0 spiro atoms. The average Bonchev–Trinajstić information content (AvgIpc) is 2.26. The van der Waals surface area contributed by atoms with E-state index in [9.17, 15) is 19.2 Å². The van der Waals surface area contributed by atoms with Gasteiger partial charge in [0.2, 0.25) is 0 Å². The van der Waals surface area contributed by atoms with Crippen molar-refractivity contribution in [1.82, 2.24) is 0 Å². The molecule has 0 aromatic carbocycles. The molecule has 0 bridgehead atoms. The summed E-state index contributed by atoms with van der Waals surface area (Å²) in [7, 11) is 0. The molecule has 94 valence electrons. The number of cyclic esters (lactones) is 2. The van der Waals surface area contributed by atoms with Crippen LogP contribution in [0, 0.1) is 0 Å². The zero-order chi connectivity index (χ0) is 13.4. The Kier molecular flexibility index (Phi) is 2.96. The highest BCUT2D eigenvalue weighted by molar-refractivity contribution is 6.06. The number of esters is 4. The molecule has 1 fully saturated rings. The van der Waals surface area contributed by atoms with Gasteiger partial charge in [-0.2, -0.15) is 0 Å². The van der Waals surface area contributed by atoms with Crippen LogP contribution in [0.15, 0.2) is 0 Å². The molecule has 1 aliphatic rings. The minimum Gasteiger partial charge on any atom is -0.442 e. The first kappa shape index (κ1) is 13.1. The molecule has 0 N–H and O–H groups in total. The van der Waals surface area contributed by atoms with E-state index < -0.39 is 35.1 Å². The average molecular weight is 244 g/mol. The molecular formula is C10H12O7. The van der Waals surface area contributed by atoms with E-state index in [4.69, 9.17) is 9.47 Å². The molecule has 17 heavy (non-hydrogen) atoms. The molecule has 0 aliphatic carbocycles. The Morgan fingerprint density at radius 2 is 1.24 bits per heavy atom. The van der Waals surface area contributed by atoms with Gasteiger partial charge in [-0.15, -0.1) is 0 Å². The van der Waals surface area contributed by atoms with Crippen molar-refractivity contribution < 1.29 is 33.4 Å². The molecule has 1 saturated heterocycles. The number of hydrogen-bond acceptors (Lipinski definition) is 7. The fourth-order valence-electron chi connectivity index (χ4n) is 1.52. The first-order valence-electron chi connectivity index (χ1n) is 4.79. The smallest absolute Gasteiger partial charge is 0.363 e. The highest BCUT2D eigenvalue weighted by Crippen LogP contribution is 2.38. The molecule has 0 amide bonds. The van der Waals surface area contributed by atoms with Crippen LogP contribution >= 0.6 is 0 Å². The summed E-state index contributed by atoms with van der Waals surface area (Å²) >= 11 is 0. The van der Waals surface area contributed by atoms with Crippen LogP contribution in [0.25, 0.3) is 0 Å². The first-order chi connectivity index (χ1) is 7.63. The summed E-state index contributed by atoms with van der Waals surface area (Å²) < 4.78 is 13.9. The Balaban J connectivity index is 3.22. The molecule has 0 aromatic heterocycles. The summed E-state index contributed by atoms with van der Waals surface area (Å²) in [5, 5.41) is 0. The van der Waals surface area contributed by atoms with Crippen LogP contribution in [0.4, 0.5) is 0 Å². The number of hydrogen-bond donors (Lipinski definition) is 0. The van der Waals surface area contributed by atoms with Gasteiger partial charge in [0.25, 0.3) is 11.2 Å². The Morgan fingerprint density at radius 3 is 1.47 bits per heavy atom. The van der Waals surface area contributed by atoms with Crippen molar-refractivity contribution in [3.8, 4) is 0 Å². The highest BCUT2D eigenvalue weighted by Gasteiger charge is 2.69. The fourth-order valence-corrected chi connectivity index (χ4v) is 1.52. The van der Waals surface area contributed by atoms with E-state index in [1.165, 1.54) is 0 Å². The lowest BCUT2D eigenvalue weighted by atomic mass is 9.88. The maximum atomic E-state index is 11.5. The second-order valence-corrected chi connectivity index (χ2v) is 3.93. The van der Waals surface area contributed by atoms with E-state index in [1.54, 1.807) is 0 Å². The van der Waals surface area contributed by atoms with E-state index in [1.807, 2.05) is 0 Å². The van der Waals surface area contributed by atoms with Gasteiger partial charge in [-0.3, -0.25) is 9.59 Å². The van der Waals surface area contributed by atoms with Crippen LogP contribution in [-0.2, 0) is 33.4 Å². The molecule has 0 saturated carbocycles. The SMILES string of the molecule is CC(=O)OC1(C)C(=O)OC(=O)C1(C)OC(C)=O. The summed E-state index contributed by atoms with van der Waals surface area (Å²) in [4.78, 5) is 45.0. The van der Waals surface area contributed by atoms with Gasteiger partial charge in [-0.25, -0.2) is 9.59 Å². The number of carbonyl (C=O) groups is 4. The highest BCUT2D eigenvalue weighted by atomic mass is 16.7. The third-order valence-corrected chi connectivity index (χ3v) is 2.57. The van der Waals surface area contributed by atoms with Crippen molar-refractivity contribution in [3.05, 3.63) is 0 Å². The largest absolute Gasteiger partial charge is 0.442 e. The lowest BCUT2D eigenvalue weighted by molar-refractivity contribution is -0.197. The first-order valence-corrected chi connectivity index (χ1v) is 4.79. The fraction of sp³-hybridized carbons (Fsp3) is 0.600. The van der Waals surface area contributed by atoms with Gasteiger partial charge >= 0.3 is 23.9 Å². The Bertz CT molecular complexity index is 375. The third kappa shape index (κ3) is 1.88. The molecule has 7 nitrogen and oxygen atoms in total. The van der Waals surface area contributed by atoms with Gasteiger partial charge in [0.15, 0.2) is 0 Å². The van der Waals surface area contributed by atoms with Gasteiger partial charge in [0.05, 0.1) is 0 Å². The molecule has 2 atom stereocenters. The van der Waals surface area contributed by atoms with Gasteiger partial charge in [-0.05, 0) is 13.8 Å². The van der Waals surface area contributed by atoms with Crippen LogP contribution in [0.2, 0.25) is 0 Å². The van der Waals surface area contributed by atoms with Crippen molar-refractivity contribution in [2.45, 2.75) is 38.9 Å². The second-order valence-electron chi connectivity index (χ2n) is 3.93. The van der Waals surface area contributed by atoms with E-state index in [0.29, 0.717) is 0 Å². The summed E-state index contributed by atoms with van der Waals surface area (Å²) in [5.41, 5.74) is -3.94. The predicted molar refractivity (Wildman–Crippen MR) is 51.4 cm³/mol. The van der Waals surface area contributed by atoms with E-state index in [-0.39, 0.29) is 0 Å². The zero-order valence-electron chi connectivity index (χ0n) is 9.86. The van der Waals surface area contributed by atoms with Gasteiger partial charge in [-0.1, -0.05) is 0 Å². The van der Waals surface area contributed by atoms with E-state index in [0.717, 1.165) is 27.7 Å². The van der Waals surface area contributed by atoms with Crippen molar-refractivity contribution in [3.63, 3.8) is 0 Å². The molecular weight excluding hydrogens is 232 g/mol. The van der Waals surface area contributed by atoms with Crippen LogP contribution in [0.3, 0.4) is 0 Å². The van der Waals surface area contributed by atoms with Gasteiger partial charge < -0.3 is 14.2 Å². The summed E-state index contributed by atoms with van der Waals surface area (Å²) in [6.45, 7) is 4.44. The lowest BCUT2D eigenvalue weighted by Crippen LogP contribution is -2.57. The minimum absolute atomic E-state index is 0.794. The predicted octanol–water partition coefficient (Wildman–Crippen LogP) is -0.287. The molecule has 1 rings (SSSR count). The normalized spacial score (nSPS) is 32.0. The summed E-state index contributed by atoms with van der Waals surface area (Å²) in [5.74, 6) is -3.72. The maximum Gasteiger partial charge on any atom is 0.363 e. The molecule has 0 aromatic rings. The monoisotopic (exact) mass is 244 g/mol. The van der Waals surface area contributed by atoms with E-state index in [2.05, 4.69) is 4.74 Å². The van der Waals surface area contributed by atoms with Gasteiger partial charge in [0.1, 0.15) is 0 Å². The van der Waals surface area contributed by atoms with Crippen LogP contribution in [0.5, 0.6) is 0 Å². The lowest BCUT2D eigenvalue weighted by Gasteiger charge is -2.32. The second kappa shape index (κ2) is 3.83. The maximum absolute atomic E-state index is 11.5. The molecule has 0 radical (unpaired) electrons. The van der Waals surface area contributed by atoms with Crippen molar-refractivity contribution in [2.75, 3.05) is 0 Å².